The zero-order chi connectivity index (χ0) is 17.2. The first-order valence-corrected chi connectivity index (χ1v) is 10.5. The molecule has 2 nitrogen and oxygen atoms in total. The summed E-state index contributed by atoms with van der Waals surface area (Å²) < 4.78 is 5.71. The van der Waals surface area contributed by atoms with E-state index in [-0.39, 0.29) is 0 Å². The fraction of sp³-hybridized carbons (Fsp3) is 1.00. The molecule has 0 heterocycles. The minimum absolute atomic E-state index is 0.544. The largest absolute Gasteiger partial charge is 0.368 e. The highest BCUT2D eigenvalue weighted by atomic mass is 16.6. The van der Waals surface area contributed by atoms with Gasteiger partial charge in [0, 0.05) is 0 Å². The first-order chi connectivity index (χ1) is 11.2. The van der Waals surface area contributed by atoms with Crippen molar-refractivity contribution < 1.29 is 9.84 Å². The van der Waals surface area contributed by atoms with Gasteiger partial charge in [0.05, 0.1) is 6.61 Å². The zero-order valence-corrected chi connectivity index (χ0v) is 16.3. The molecule has 0 aromatic heterocycles. The van der Waals surface area contributed by atoms with E-state index in [0.29, 0.717) is 5.92 Å². The van der Waals surface area contributed by atoms with Gasteiger partial charge in [-0.1, -0.05) is 91.4 Å². The number of ether oxygens (including phenoxy) is 1. The third-order valence-corrected chi connectivity index (χ3v) is 4.76. The van der Waals surface area contributed by atoms with E-state index in [2.05, 4.69) is 20.8 Å². The van der Waals surface area contributed by atoms with E-state index in [1.165, 1.54) is 77.0 Å². The summed E-state index contributed by atoms with van der Waals surface area (Å²) in [6.45, 7) is 7.45. The molecule has 2 unspecified atom stereocenters. The smallest absolute Gasteiger partial charge is 0.154 e. The van der Waals surface area contributed by atoms with Crippen molar-refractivity contribution in [3.8, 4) is 0 Å². The van der Waals surface area contributed by atoms with E-state index in [9.17, 15) is 5.11 Å². The average molecular weight is 329 g/mol. The fourth-order valence-electron chi connectivity index (χ4n) is 3.09. The predicted molar refractivity (Wildman–Crippen MR) is 102 cm³/mol. The molecule has 0 radical (unpaired) electrons. The molecule has 0 saturated heterocycles. The molecule has 2 atom stereocenters. The summed E-state index contributed by atoms with van der Waals surface area (Å²) in [6.07, 6.45) is 18.5. The SMILES string of the molecule is CCCCCCCCC(CCCCCC)COC(O)CCCC. The van der Waals surface area contributed by atoms with Gasteiger partial charge >= 0.3 is 0 Å². The van der Waals surface area contributed by atoms with Gasteiger partial charge in [-0.25, -0.2) is 0 Å². The third kappa shape index (κ3) is 16.6. The number of rotatable bonds is 18. The summed E-state index contributed by atoms with van der Waals surface area (Å²) in [6, 6.07) is 0. The Hall–Kier alpha value is -0.0800. The van der Waals surface area contributed by atoms with E-state index in [4.69, 9.17) is 4.74 Å². The summed E-state index contributed by atoms with van der Waals surface area (Å²) in [5.74, 6) is 0.648. The Kier molecular flexibility index (Phi) is 18.2. The fourth-order valence-corrected chi connectivity index (χ4v) is 3.09. The second-order valence-electron chi connectivity index (χ2n) is 7.20. The minimum Gasteiger partial charge on any atom is -0.368 e. The van der Waals surface area contributed by atoms with Crippen molar-refractivity contribution >= 4 is 0 Å². The van der Waals surface area contributed by atoms with Gasteiger partial charge < -0.3 is 9.84 Å². The summed E-state index contributed by atoms with van der Waals surface area (Å²) in [7, 11) is 0. The van der Waals surface area contributed by atoms with E-state index in [0.717, 1.165) is 25.9 Å². The second-order valence-corrected chi connectivity index (χ2v) is 7.20. The molecular formula is C21H44O2. The van der Waals surface area contributed by atoms with Gasteiger partial charge in [0.1, 0.15) is 0 Å². The van der Waals surface area contributed by atoms with Crippen LogP contribution in [0.5, 0.6) is 0 Å². The van der Waals surface area contributed by atoms with Crippen LogP contribution in [0, 0.1) is 5.92 Å². The third-order valence-electron chi connectivity index (χ3n) is 4.76. The van der Waals surface area contributed by atoms with Crippen molar-refractivity contribution in [1.29, 1.82) is 0 Å². The number of unbranched alkanes of at least 4 members (excludes halogenated alkanes) is 9. The van der Waals surface area contributed by atoms with Crippen LogP contribution < -0.4 is 0 Å². The molecule has 0 aliphatic carbocycles. The van der Waals surface area contributed by atoms with Gasteiger partial charge in [-0.05, 0) is 31.6 Å². The minimum atomic E-state index is -0.544. The Morgan fingerprint density at radius 2 is 1.09 bits per heavy atom. The van der Waals surface area contributed by atoms with E-state index < -0.39 is 6.29 Å². The maximum absolute atomic E-state index is 9.89. The number of hydrogen-bond donors (Lipinski definition) is 1. The van der Waals surface area contributed by atoms with Crippen LogP contribution in [0.15, 0.2) is 0 Å². The van der Waals surface area contributed by atoms with Gasteiger partial charge in [0.25, 0.3) is 0 Å². The molecule has 140 valence electrons. The van der Waals surface area contributed by atoms with Crippen LogP contribution in [0.3, 0.4) is 0 Å². The Balaban J connectivity index is 3.87. The molecular weight excluding hydrogens is 284 g/mol. The molecule has 0 fully saturated rings. The van der Waals surface area contributed by atoms with E-state index in [1.54, 1.807) is 0 Å². The normalized spacial score (nSPS) is 14.1. The van der Waals surface area contributed by atoms with Crippen LogP contribution in [0.2, 0.25) is 0 Å². The molecule has 0 amide bonds. The molecule has 0 spiro atoms. The maximum Gasteiger partial charge on any atom is 0.154 e. The van der Waals surface area contributed by atoms with E-state index in [1.807, 2.05) is 0 Å². The Morgan fingerprint density at radius 3 is 1.65 bits per heavy atom. The van der Waals surface area contributed by atoms with Crippen LogP contribution in [0.25, 0.3) is 0 Å². The highest BCUT2D eigenvalue weighted by molar-refractivity contribution is 4.61. The topological polar surface area (TPSA) is 29.5 Å². The summed E-state index contributed by atoms with van der Waals surface area (Å²) in [5.41, 5.74) is 0. The lowest BCUT2D eigenvalue weighted by molar-refractivity contribution is -0.115. The van der Waals surface area contributed by atoms with Crippen molar-refractivity contribution in [3.63, 3.8) is 0 Å². The van der Waals surface area contributed by atoms with Gasteiger partial charge in [0.2, 0.25) is 0 Å². The molecule has 23 heavy (non-hydrogen) atoms. The lowest BCUT2D eigenvalue weighted by Crippen LogP contribution is -2.18. The van der Waals surface area contributed by atoms with Crippen molar-refractivity contribution in [2.24, 2.45) is 5.92 Å². The molecule has 0 aliphatic heterocycles. The summed E-state index contributed by atoms with van der Waals surface area (Å²) >= 11 is 0. The molecule has 0 rings (SSSR count). The summed E-state index contributed by atoms with van der Waals surface area (Å²) in [5, 5.41) is 9.89. The number of hydrogen-bond acceptors (Lipinski definition) is 2. The molecule has 0 bridgehead atoms. The number of aliphatic hydroxyl groups excluding tert-OH is 1. The standard InChI is InChI=1S/C21H44O2/c1-4-7-10-12-13-15-17-20(16-14-11-8-5-2)19-23-21(22)18-9-6-3/h20-22H,4-19H2,1-3H3. The maximum atomic E-state index is 9.89. The first-order valence-electron chi connectivity index (χ1n) is 10.5. The van der Waals surface area contributed by atoms with E-state index >= 15 is 0 Å². The molecule has 0 aromatic carbocycles. The van der Waals surface area contributed by atoms with Crippen LogP contribution in [0.1, 0.15) is 117 Å². The Morgan fingerprint density at radius 1 is 0.609 bits per heavy atom. The zero-order valence-electron chi connectivity index (χ0n) is 16.3. The Labute approximate surface area is 146 Å². The molecule has 0 aromatic rings. The highest BCUT2D eigenvalue weighted by Crippen LogP contribution is 2.20. The quantitative estimate of drug-likeness (QED) is 0.220. The van der Waals surface area contributed by atoms with Crippen LogP contribution in [-0.4, -0.2) is 18.0 Å². The van der Waals surface area contributed by atoms with Crippen LogP contribution in [-0.2, 0) is 4.74 Å². The van der Waals surface area contributed by atoms with Crippen molar-refractivity contribution in [2.75, 3.05) is 6.61 Å². The summed E-state index contributed by atoms with van der Waals surface area (Å²) in [4.78, 5) is 0. The lowest BCUT2D eigenvalue weighted by atomic mass is 9.95. The molecule has 0 saturated carbocycles. The average Bonchev–Trinajstić information content (AvgIpc) is 2.56. The molecule has 2 heteroatoms. The van der Waals surface area contributed by atoms with Gasteiger partial charge in [-0.2, -0.15) is 0 Å². The van der Waals surface area contributed by atoms with Gasteiger partial charge in [-0.3, -0.25) is 0 Å². The van der Waals surface area contributed by atoms with Crippen molar-refractivity contribution in [1.82, 2.24) is 0 Å². The Bertz CT molecular complexity index is 218. The predicted octanol–water partition coefficient (Wildman–Crippen LogP) is 6.85. The second kappa shape index (κ2) is 18.3. The van der Waals surface area contributed by atoms with Gasteiger partial charge in [-0.15, -0.1) is 0 Å². The lowest BCUT2D eigenvalue weighted by Gasteiger charge is -2.19. The molecule has 1 N–H and O–H groups in total. The van der Waals surface area contributed by atoms with Gasteiger partial charge in [0.15, 0.2) is 6.29 Å². The van der Waals surface area contributed by atoms with Crippen LogP contribution >= 0.6 is 0 Å². The van der Waals surface area contributed by atoms with Crippen LogP contribution in [0.4, 0.5) is 0 Å². The van der Waals surface area contributed by atoms with Crippen molar-refractivity contribution in [3.05, 3.63) is 0 Å². The number of aliphatic hydroxyl groups is 1. The first kappa shape index (κ1) is 22.9. The van der Waals surface area contributed by atoms with Crippen molar-refractivity contribution in [2.45, 2.75) is 123 Å². The monoisotopic (exact) mass is 328 g/mol. The molecule has 0 aliphatic rings. The highest BCUT2D eigenvalue weighted by Gasteiger charge is 2.12.